The van der Waals surface area contributed by atoms with Crippen molar-refractivity contribution >= 4 is 11.8 Å². The Balaban J connectivity index is 2.31. The van der Waals surface area contributed by atoms with E-state index in [1.54, 1.807) is 14.2 Å². The Morgan fingerprint density at radius 1 is 1.20 bits per heavy atom. The van der Waals surface area contributed by atoms with Crippen LogP contribution in [-0.2, 0) is 15.9 Å². The second kappa shape index (κ2) is 4.56. The van der Waals surface area contributed by atoms with Crippen molar-refractivity contribution in [2.75, 3.05) is 20.0 Å². The summed E-state index contributed by atoms with van der Waals surface area (Å²) in [6.45, 7) is 0. The van der Waals surface area contributed by atoms with Crippen LogP contribution in [0.5, 0.6) is 0 Å². The summed E-state index contributed by atoms with van der Waals surface area (Å²) in [5.74, 6) is 0.609. The molecule has 0 amide bonds. The van der Waals surface area contributed by atoms with E-state index in [0.717, 1.165) is 18.6 Å². The van der Waals surface area contributed by atoms with Gasteiger partial charge in [-0.1, -0.05) is 18.2 Å². The Bertz CT molecular complexity index is 334. The molecular weight excluding hydrogens is 208 g/mol. The van der Waals surface area contributed by atoms with Gasteiger partial charge in [0.15, 0.2) is 5.79 Å². The van der Waals surface area contributed by atoms with Crippen LogP contribution in [0.25, 0.3) is 0 Å². The molecule has 2 rings (SSSR count). The number of benzene rings is 1. The highest BCUT2D eigenvalue weighted by atomic mass is 32.2. The van der Waals surface area contributed by atoms with Crippen LogP contribution in [0.4, 0.5) is 0 Å². The molecule has 0 saturated carbocycles. The van der Waals surface area contributed by atoms with Crippen molar-refractivity contribution < 1.29 is 9.47 Å². The molecule has 1 aromatic carbocycles. The minimum absolute atomic E-state index is 0.431. The summed E-state index contributed by atoms with van der Waals surface area (Å²) < 4.78 is 11.1. The highest BCUT2D eigenvalue weighted by Crippen LogP contribution is 2.35. The van der Waals surface area contributed by atoms with Gasteiger partial charge in [-0.3, -0.25) is 0 Å². The molecule has 1 aromatic rings. The maximum Gasteiger partial charge on any atom is 0.172 e. The van der Waals surface area contributed by atoms with Gasteiger partial charge in [0.1, 0.15) is 0 Å². The fourth-order valence-electron chi connectivity index (χ4n) is 1.92. The fourth-order valence-corrected chi connectivity index (χ4v) is 3.05. The summed E-state index contributed by atoms with van der Waals surface area (Å²) in [6, 6.07) is 8.47. The minimum atomic E-state index is -0.431. The van der Waals surface area contributed by atoms with Crippen molar-refractivity contribution in [1.29, 1.82) is 0 Å². The molecule has 0 saturated heterocycles. The average Bonchev–Trinajstić information content (AvgIpc) is 2.48. The molecule has 0 N–H and O–H groups in total. The highest BCUT2D eigenvalue weighted by Gasteiger charge is 2.32. The van der Waals surface area contributed by atoms with Crippen LogP contribution >= 0.6 is 11.8 Å². The van der Waals surface area contributed by atoms with Crippen LogP contribution in [0.2, 0.25) is 0 Å². The zero-order chi connectivity index (χ0) is 10.7. The standard InChI is InChI=1S/C12H16O2S/c1-13-12(14-2)7-8-15-11-6-4-3-5-10(11)9-12/h3-6H,7-9H2,1-2H3. The quantitative estimate of drug-likeness (QED) is 0.720. The first kappa shape index (κ1) is 11.0. The van der Waals surface area contributed by atoms with Gasteiger partial charge in [0.25, 0.3) is 0 Å². The molecule has 3 heteroatoms. The zero-order valence-electron chi connectivity index (χ0n) is 9.16. The van der Waals surface area contributed by atoms with E-state index in [2.05, 4.69) is 24.3 Å². The predicted molar refractivity (Wildman–Crippen MR) is 62.2 cm³/mol. The molecule has 1 aliphatic rings. The number of thioether (sulfide) groups is 1. The smallest absolute Gasteiger partial charge is 0.172 e. The summed E-state index contributed by atoms with van der Waals surface area (Å²) in [5, 5.41) is 0. The Morgan fingerprint density at radius 2 is 1.93 bits per heavy atom. The van der Waals surface area contributed by atoms with Gasteiger partial charge < -0.3 is 9.47 Å². The number of methoxy groups -OCH3 is 2. The first-order valence-corrected chi connectivity index (χ1v) is 6.09. The van der Waals surface area contributed by atoms with Gasteiger partial charge in [0, 0.05) is 37.7 Å². The normalized spacial score (nSPS) is 19.3. The van der Waals surface area contributed by atoms with Crippen molar-refractivity contribution in [1.82, 2.24) is 0 Å². The lowest BCUT2D eigenvalue weighted by Gasteiger charge is -2.29. The highest BCUT2D eigenvalue weighted by molar-refractivity contribution is 7.99. The topological polar surface area (TPSA) is 18.5 Å². The summed E-state index contributed by atoms with van der Waals surface area (Å²) in [7, 11) is 3.45. The summed E-state index contributed by atoms with van der Waals surface area (Å²) in [5.41, 5.74) is 1.32. The molecule has 0 bridgehead atoms. The van der Waals surface area contributed by atoms with E-state index < -0.39 is 5.79 Å². The Kier molecular flexibility index (Phi) is 3.34. The van der Waals surface area contributed by atoms with Crippen LogP contribution in [0.3, 0.4) is 0 Å². The third-order valence-electron chi connectivity index (χ3n) is 2.92. The number of rotatable bonds is 2. The van der Waals surface area contributed by atoms with Gasteiger partial charge in [-0.15, -0.1) is 11.8 Å². The van der Waals surface area contributed by atoms with Crippen molar-refractivity contribution in [3.05, 3.63) is 29.8 Å². The number of ether oxygens (including phenoxy) is 2. The second-order valence-electron chi connectivity index (χ2n) is 3.70. The summed E-state index contributed by atoms with van der Waals surface area (Å²) in [6.07, 6.45) is 1.77. The third kappa shape index (κ3) is 2.19. The second-order valence-corrected chi connectivity index (χ2v) is 4.84. The lowest BCUT2D eigenvalue weighted by Crippen LogP contribution is -2.36. The van der Waals surface area contributed by atoms with Crippen molar-refractivity contribution in [2.45, 2.75) is 23.5 Å². The Morgan fingerprint density at radius 3 is 2.67 bits per heavy atom. The molecule has 0 spiro atoms. The summed E-state index contributed by atoms with van der Waals surface area (Å²) >= 11 is 1.88. The van der Waals surface area contributed by atoms with E-state index in [1.165, 1.54) is 10.5 Å². The average molecular weight is 224 g/mol. The first-order valence-electron chi connectivity index (χ1n) is 5.11. The largest absolute Gasteiger partial charge is 0.353 e. The van der Waals surface area contributed by atoms with Crippen molar-refractivity contribution in [2.24, 2.45) is 0 Å². The maximum absolute atomic E-state index is 5.53. The molecule has 1 aliphatic heterocycles. The molecule has 82 valence electrons. The van der Waals surface area contributed by atoms with Crippen LogP contribution < -0.4 is 0 Å². The molecule has 1 heterocycles. The molecule has 0 fully saturated rings. The van der Waals surface area contributed by atoms with E-state index in [9.17, 15) is 0 Å². The fraction of sp³-hybridized carbons (Fsp3) is 0.500. The van der Waals surface area contributed by atoms with E-state index in [1.807, 2.05) is 11.8 Å². The van der Waals surface area contributed by atoms with Crippen molar-refractivity contribution in [3.8, 4) is 0 Å². The van der Waals surface area contributed by atoms with E-state index >= 15 is 0 Å². The molecule has 0 unspecified atom stereocenters. The van der Waals surface area contributed by atoms with Gasteiger partial charge in [-0.05, 0) is 11.6 Å². The van der Waals surface area contributed by atoms with Crippen LogP contribution in [0.1, 0.15) is 12.0 Å². The first-order chi connectivity index (χ1) is 7.29. The maximum atomic E-state index is 5.53. The van der Waals surface area contributed by atoms with Crippen molar-refractivity contribution in [3.63, 3.8) is 0 Å². The van der Waals surface area contributed by atoms with Crippen LogP contribution in [-0.4, -0.2) is 25.8 Å². The SMILES string of the molecule is COC1(OC)CCSc2ccccc2C1. The van der Waals surface area contributed by atoms with E-state index in [0.29, 0.717) is 0 Å². The van der Waals surface area contributed by atoms with Gasteiger partial charge in [-0.25, -0.2) is 0 Å². The molecule has 0 aliphatic carbocycles. The lowest BCUT2D eigenvalue weighted by atomic mass is 10.0. The van der Waals surface area contributed by atoms with Gasteiger partial charge in [0.05, 0.1) is 0 Å². The molecule has 2 nitrogen and oxygen atoms in total. The van der Waals surface area contributed by atoms with Crippen LogP contribution in [0, 0.1) is 0 Å². The third-order valence-corrected chi connectivity index (χ3v) is 4.03. The Labute approximate surface area is 95.0 Å². The van der Waals surface area contributed by atoms with Crippen LogP contribution in [0.15, 0.2) is 29.2 Å². The minimum Gasteiger partial charge on any atom is -0.353 e. The number of fused-ring (bicyclic) bond motifs is 1. The van der Waals surface area contributed by atoms with Gasteiger partial charge in [-0.2, -0.15) is 0 Å². The molecule has 0 radical (unpaired) electrons. The predicted octanol–water partition coefficient (Wildman–Crippen LogP) is 2.71. The molecule has 15 heavy (non-hydrogen) atoms. The van der Waals surface area contributed by atoms with E-state index in [-0.39, 0.29) is 0 Å². The molecular formula is C12H16O2S. The summed E-state index contributed by atoms with van der Waals surface area (Å²) in [4.78, 5) is 1.36. The molecule has 0 aromatic heterocycles. The van der Waals surface area contributed by atoms with Gasteiger partial charge >= 0.3 is 0 Å². The van der Waals surface area contributed by atoms with E-state index in [4.69, 9.17) is 9.47 Å². The number of hydrogen-bond donors (Lipinski definition) is 0. The van der Waals surface area contributed by atoms with Gasteiger partial charge in [0.2, 0.25) is 0 Å². The Hall–Kier alpha value is -0.510. The monoisotopic (exact) mass is 224 g/mol. The lowest BCUT2D eigenvalue weighted by molar-refractivity contribution is -0.206. The zero-order valence-corrected chi connectivity index (χ0v) is 9.97. The molecule has 0 atom stereocenters. The number of hydrogen-bond acceptors (Lipinski definition) is 3.